The molecule has 0 bridgehead atoms. The zero-order chi connectivity index (χ0) is 37.6. The first kappa shape index (κ1) is 35.7. The molecule has 5 heterocycles. The van der Waals surface area contributed by atoms with E-state index >= 15 is 0 Å². The lowest BCUT2D eigenvalue weighted by atomic mass is 9.85. The fourth-order valence-electron chi connectivity index (χ4n) is 7.83. The predicted octanol–water partition coefficient (Wildman–Crippen LogP) is 6.90. The molecule has 5 aromatic rings. The van der Waals surface area contributed by atoms with Gasteiger partial charge in [0.25, 0.3) is 5.91 Å². The molecule has 12 nitrogen and oxygen atoms in total. The summed E-state index contributed by atoms with van der Waals surface area (Å²) in [5.74, 6) is -0.486. The van der Waals surface area contributed by atoms with Crippen molar-refractivity contribution >= 4 is 68.2 Å². The summed E-state index contributed by atoms with van der Waals surface area (Å²) in [7, 11) is 0. The zero-order valence-corrected chi connectivity index (χ0v) is 29.9. The van der Waals surface area contributed by atoms with Gasteiger partial charge in [0.05, 0.1) is 34.2 Å². The maximum atomic E-state index is 13.1. The van der Waals surface area contributed by atoms with Crippen LogP contribution in [0, 0.1) is 5.92 Å². The molecule has 280 valence electrons. The number of fused-ring (bicyclic) bond motifs is 2. The molecule has 0 spiro atoms. The summed E-state index contributed by atoms with van der Waals surface area (Å²) in [6.45, 7) is 4.98. The third-order valence-electron chi connectivity index (χ3n) is 10.7. The Morgan fingerprint density at radius 2 is 1.70 bits per heavy atom. The van der Waals surface area contributed by atoms with E-state index in [0.717, 1.165) is 92.4 Å². The maximum Gasteiger partial charge on any atom is 0.433 e. The summed E-state index contributed by atoms with van der Waals surface area (Å²) < 4.78 is 41.3. The van der Waals surface area contributed by atoms with E-state index in [4.69, 9.17) is 16.7 Å². The van der Waals surface area contributed by atoms with Crippen LogP contribution in [-0.4, -0.2) is 81.8 Å². The highest BCUT2D eigenvalue weighted by molar-refractivity contribution is 6.34. The lowest BCUT2D eigenvalue weighted by molar-refractivity contribution is -0.141. The monoisotopic (exact) mass is 759 g/mol. The van der Waals surface area contributed by atoms with Crippen LogP contribution < -0.4 is 20.4 Å². The summed E-state index contributed by atoms with van der Waals surface area (Å²) in [6, 6.07) is 12.4. The molecule has 1 saturated carbocycles. The van der Waals surface area contributed by atoms with Crippen LogP contribution in [0.15, 0.2) is 67.1 Å². The molecule has 3 aromatic heterocycles. The van der Waals surface area contributed by atoms with Crippen LogP contribution >= 0.6 is 11.6 Å². The van der Waals surface area contributed by atoms with E-state index in [1.54, 1.807) is 23.2 Å². The number of piperazine rings is 1. The van der Waals surface area contributed by atoms with Crippen molar-refractivity contribution in [1.29, 1.82) is 0 Å². The number of carbonyl (C=O) groups is 3. The number of urea groups is 1. The predicted molar refractivity (Wildman–Crippen MR) is 199 cm³/mol. The smallest absolute Gasteiger partial charge is 0.368 e. The molecule has 16 heteroatoms. The molecule has 4 amide bonds. The first-order valence-corrected chi connectivity index (χ1v) is 18.4. The number of nitrogens with one attached hydrogen (secondary N) is 2. The number of aromatic nitrogens is 4. The Morgan fingerprint density at radius 1 is 0.926 bits per heavy atom. The lowest BCUT2D eigenvalue weighted by Crippen LogP contribution is -2.49. The third-order valence-corrected chi connectivity index (χ3v) is 11.0. The van der Waals surface area contributed by atoms with Gasteiger partial charge in [0, 0.05) is 79.9 Å². The molecule has 3 fully saturated rings. The molecule has 2 aliphatic heterocycles. The van der Waals surface area contributed by atoms with Crippen LogP contribution in [0.5, 0.6) is 0 Å². The Morgan fingerprint density at radius 3 is 2.46 bits per heavy atom. The van der Waals surface area contributed by atoms with Crippen molar-refractivity contribution in [2.75, 3.05) is 54.4 Å². The number of amides is 4. The average Bonchev–Trinajstić information content (AvgIpc) is 3.57. The highest BCUT2D eigenvalue weighted by Crippen LogP contribution is 2.37. The van der Waals surface area contributed by atoms with Crippen molar-refractivity contribution in [2.45, 2.75) is 44.3 Å². The van der Waals surface area contributed by atoms with Gasteiger partial charge in [0.2, 0.25) is 5.91 Å². The van der Waals surface area contributed by atoms with Crippen molar-refractivity contribution in [3.63, 3.8) is 0 Å². The normalized spacial score (nSPS) is 20.1. The second-order valence-corrected chi connectivity index (χ2v) is 14.5. The van der Waals surface area contributed by atoms with Crippen LogP contribution in [0.4, 0.5) is 35.0 Å². The molecule has 2 aromatic carbocycles. The average molecular weight is 760 g/mol. The van der Waals surface area contributed by atoms with Gasteiger partial charge < -0.3 is 10.2 Å². The van der Waals surface area contributed by atoms with Gasteiger partial charge in [-0.05, 0) is 61.9 Å². The number of rotatable bonds is 7. The van der Waals surface area contributed by atoms with E-state index in [1.165, 1.54) is 6.07 Å². The van der Waals surface area contributed by atoms with E-state index in [1.807, 2.05) is 29.2 Å². The number of hydrogen-bond acceptors (Lipinski definition) is 8. The van der Waals surface area contributed by atoms with Crippen LogP contribution in [0.25, 0.3) is 21.7 Å². The molecular weight excluding hydrogens is 723 g/mol. The second kappa shape index (κ2) is 14.5. The third kappa shape index (κ3) is 7.29. The van der Waals surface area contributed by atoms with Gasteiger partial charge in [-0.2, -0.15) is 18.3 Å². The van der Waals surface area contributed by atoms with Gasteiger partial charge in [0.15, 0.2) is 0 Å². The number of benzene rings is 2. The van der Waals surface area contributed by atoms with Crippen LogP contribution in [0.3, 0.4) is 0 Å². The highest BCUT2D eigenvalue weighted by Gasteiger charge is 2.33. The fourth-order valence-corrected chi connectivity index (χ4v) is 8.04. The second-order valence-electron chi connectivity index (χ2n) is 14.1. The van der Waals surface area contributed by atoms with Gasteiger partial charge in [-0.3, -0.25) is 34.4 Å². The molecular formula is C38H37ClF3N9O3. The minimum Gasteiger partial charge on any atom is -0.368 e. The minimum atomic E-state index is -4.66. The van der Waals surface area contributed by atoms with Crippen molar-refractivity contribution in [2.24, 2.45) is 5.92 Å². The standard InChI is InChI=1S/C38H37ClF3N9O3/c39-28-18-30-24(17-31(28)45-36(53)29-4-2-6-34(44-29)38(40,41)42)22-51(47-30)25-9-7-23(8-10-25)21-48-13-15-49(16-14-48)32-5-1-3-26-27(32)19-43-20-33(26)50-12-11-35(52)46-37(50)54/h1-6,17-20,22-23,25H,7-16,21H2,(H,45,53)(H,46,52,54). The molecule has 0 unspecified atom stereocenters. The first-order chi connectivity index (χ1) is 26.0. The number of halogens is 4. The van der Waals surface area contributed by atoms with Gasteiger partial charge in [-0.15, -0.1) is 0 Å². The van der Waals surface area contributed by atoms with Crippen LogP contribution in [0.2, 0.25) is 5.02 Å². The first-order valence-electron chi connectivity index (χ1n) is 18.0. The van der Waals surface area contributed by atoms with Crippen molar-refractivity contribution < 1.29 is 27.6 Å². The Balaban J connectivity index is 0.857. The molecule has 2 N–H and O–H groups in total. The Bertz CT molecular complexity index is 2250. The Kier molecular flexibility index (Phi) is 9.60. The van der Waals surface area contributed by atoms with E-state index in [9.17, 15) is 27.6 Å². The Labute approximate surface area is 313 Å². The molecule has 0 atom stereocenters. The number of nitrogens with zero attached hydrogens (tertiary/aromatic N) is 7. The SMILES string of the molecule is O=C1CCN(c2cncc3c(N4CCN(CC5CCC(n6cc7cc(NC(=O)c8cccc(C(F)(F)F)n8)c(Cl)cc7n6)CC5)CC4)cccc23)C(=O)N1. The molecule has 3 aliphatic rings. The van der Waals surface area contributed by atoms with Crippen molar-refractivity contribution in [3.8, 4) is 0 Å². The molecule has 0 radical (unpaired) electrons. The largest absolute Gasteiger partial charge is 0.433 e. The van der Waals surface area contributed by atoms with E-state index in [-0.39, 0.29) is 34.8 Å². The number of imide groups is 1. The molecule has 1 aliphatic carbocycles. The van der Waals surface area contributed by atoms with E-state index in [0.29, 0.717) is 23.7 Å². The number of anilines is 3. The topological polar surface area (TPSA) is 129 Å². The van der Waals surface area contributed by atoms with E-state index in [2.05, 4.69) is 36.5 Å². The Hall–Kier alpha value is -5.28. The summed E-state index contributed by atoms with van der Waals surface area (Å²) in [5.41, 5.74) is 1.22. The quantitative estimate of drug-likeness (QED) is 0.183. The van der Waals surface area contributed by atoms with Crippen molar-refractivity contribution in [3.05, 3.63) is 83.5 Å². The van der Waals surface area contributed by atoms with Gasteiger partial charge >= 0.3 is 12.2 Å². The summed E-state index contributed by atoms with van der Waals surface area (Å²) >= 11 is 6.46. The summed E-state index contributed by atoms with van der Waals surface area (Å²) in [4.78, 5) is 51.5. The maximum absolute atomic E-state index is 13.1. The van der Waals surface area contributed by atoms with E-state index < -0.39 is 23.8 Å². The number of alkyl halides is 3. The zero-order valence-electron chi connectivity index (χ0n) is 29.2. The molecule has 54 heavy (non-hydrogen) atoms. The highest BCUT2D eigenvalue weighted by atomic mass is 35.5. The minimum absolute atomic E-state index is 0.220. The number of carbonyl (C=O) groups excluding carboxylic acids is 3. The van der Waals surface area contributed by atoms with Gasteiger partial charge in [-0.1, -0.05) is 29.8 Å². The van der Waals surface area contributed by atoms with Crippen LogP contribution in [-0.2, 0) is 11.0 Å². The lowest BCUT2D eigenvalue weighted by Gasteiger charge is -2.39. The van der Waals surface area contributed by atoms with Gasteiger partial charge in [-0.25, -0.2) is 9.78 Å². The molecule has 8 rings (SSSR count). The molecule has 2 saturated heterocycles. The van der Waals surface area contributed by atoms with Gasteiger partial charge in [0.1, 0.15) is 11.4 Å². The number of hydrogen-bond donors (Lipinski definition) is 2. The number of pyridine rings is 2. The summed E-state index contributed by atoms with van der Waals surface area (Å²) in [6.07, 6.45) is 5.15. The van der Waals surface area contributed by atoms with Crippen LogP contribution in [0.1, 0.15) is 54.3 Å². The fraction of sp³-hybridized carbons (Fsp3) is 0.368. The van der Waals surface area contributed by atoms with Crippen molar-refractivity contribution in [1.82, 2.24) is 30.0 Å². The summed E-state index contributed by atoms with van der Waals surface area (Å²) in [5, 5.41) is 12.7.